The SMILES string of the molecule is C[C@H](OC(=O)[C@@H]1CC(=O)N([C@H](C)c2ccccc2)C1)C(=O)Nc1ccc(C#N)cc1. The average Bonchev–Trinajstić information content (AvgIpc) is 3.16. The number of rotatable bonds is 6. The van der Waals surface area contributed by atoms with Crippen LogP contribution in [-0.2, 0) is 19.1 Å². The molecule has 0 radical (unpaired) electrons. The van der Waals surface area contributed by atoms with Crippen molar-refractivity contribution in [1.29, 1.82) is 5.26 Å². The molecule has 1 N–H and O–H groups in total. The topological polar surface area (TPSA) is 99.5 Å². The third-order valence-corrected chi connectivity index (χ3v) is 5.18. The highest BCUT2D eigenvalue weighted by atomic mass is 16.5. The summed E-state index contributed by atoms with van der Waals surface area (Å²) in [7, 11) is 0. The summed E-state index contributed by atoms with van der Waals surface area (Å²) < 4.78 is 5.31. The van der Waals surface area contributed by atoms with Gasteiger partial charge in [0.1, 0.15) is 0 Å². The molecule has 0 spiro atoms. The van der Waals surface area contributed by atoms with Crippen LogP contribution in [0, 0.1) is 17.2 Å². The van der Waals surface area contributed by atoms with Crippen LogP contribution in [0.3, 0.4) is 0 Å². The zero-order valence-corrected chi connectivity index (χ0v) is 16.9. The molecule has 7 nitrogen and oxygen atoms in total. The Bertz CT molecular complexity index is 966. The Morgan fingerprint density at radius 3 is 2.43 bits per heavy atom. The second-order valence-corrected chi connectivity index (χ2v) is 7.29. The van der Waals surface area contributed by atoms with E-state index < -0.39 is 23.9 Å². The number of carbonyl (C=O) groups excluding carboxylic acids is 3. The number of nitrogens with one attached hydrogen (secondary N) is 1. The largest absolute Gasteiger partial charge is 0.452 e. The number of ether oxygens (including phenoxy) is 1. The number of esters is 1. The minimum Gasteiger partial charge on any atom is -0.452 e. The van der Waals surface area contributed by atoms with E-state index in [-0.39, 0.29) is 24.9 Å². The third kappa shape index (κ3) is 4.84. The molecule has 0 saturated carbocycles. The minimum absolute atomic E-state index is 0.0694. The number of nitrogens with zero attached hydrogens (tertiary/aromatic N) is 2. The number of likely N-dealkylation sites (tertiary alicyclic amines) is 1. The quantitative estimate of drug-likeness (QED) is 0.745. The zero-order valence-electron chi connectivity index (χ0n) is 16.9. The molecule has 30 heavy (non-hydrogen) atoms. The van der Waals surface area contributed by atoms with E-state index in [1.165, 1.54) is 6.92 Å². The van der Waals surface area contributed by atoms with Gasteiger partial charge in [-0.15, -0.1) is 0 Å². The molecule has 3 atom stereocenters. The third-order valence-electron chi connectivity index (χ3n) is 5.18. The fourth-order valence-corrected chi connectivity index (χ4v) is 3.37. The van der Waals surface area contributed by atoms with Gasteiger partial charge in [-0.2, -0.15) is 5.26 Å². The second-order valence-electron chi connectivity index (χ2n) is 7.29. The van der Waals surface area contributed by atoms with Gasteiger partial charge < -0.3 is 15.0 Å². The van der Waals surface area contributed by atoms with E-state index in [9.17, 15) is 14.4 Å². The molecular weight excluding hydrogens is 382 g/mol. The summed E-state index contributed by atoms with van der Waals surface area (Å²) in [5.74, 6) is -1.75. The fraction of sp³-hybridized carbons (Fsp3) is 0.304. The number of carbonyl (C=O) groups is 3. The summed E-state index contributed by atoms with van der Waals surface area (Å²) in [6, 6.07) is 17.8. The highest BCUT2D eigenvalue weighted by molar-refractivity contribution is 5.95. The summed E-state index contributed by atoms with van der Waals surface area (Å²) >= 11 is 0. The summed E-state index contributed by atoms with van der Waals surface area (Å²) in [6.45, 7) is 3.67. The molecule has 0 unspecified atom stereocenters. The Labute approximate surface area is 175 Å². The highest BCUT2D eigenvalue weighted by Gasteiger charge is 2.38. The molecule has 2 amide bonds. The van der Waals surface area contributed by atoms with Crippen molar-refractivity contribution in [3.8, 4) is 6.07 Å². The van der Waals surface area contributed by atoms with E-state index in [1.807, 2.05) is 43.3 Å². The predicted molar refractivity (Wildman–Crippen MR) is 110 cm³/mol. The molecule has 1 aliphatic rings. The molecule has 0 bridgehead atoms. The molecule has 7 heteroatoms. The molecule has 1 saturated heterocycles. The Balaban J connectivity index is 1.55. The Morgan fingerprint density at radius 1 is 1.13 bits per heavy atom. The van der Waals surface area contributed by atoms with Gasteiger partial charge in [-0.05, 0) is 43.7 Å². The van der Waals surface area contributed by atoms with E-state index in [2.05, 4.69) is 5.32 Å². The lowest BCUT2D eigenvalue weighted by atomic mass is 10.1. The van der Waals surface area contributed by atoms with Crippen LogP contribution in [-0.4, -0.2) is 35.3 Å². The number of nitriles is 1. The van der Waals surface area contributed by atoms with E-state index in [0.717, 1.165) is 5.56 Å². The lowest BCUT2D eigenvalue weighted by Crippen LogP contribution is -2.33. The monoisotopic (exact) mass is 405 g/mol. The van der Waals surface area contributed by atoms with Gasteiger partial charge in [0.05, 0.1) is 23.6 Å². The van der Waals surface area contributed by atoms with E-state index in [1.54, 1.807) is 29.2 Å². The van der Waals surface area contributed by atoms with Gasteiger partial charge in [0, 0.05) is 18.7 Å². The standard InChI is InChI=1S/C23H23N3O4/c1-15(18-6-4-3-5-7-18)26-14-19(12-21(26)27)23(29)30-16(2)22(28)25-20-10-8-17(13-24)9-11-20/h3-11,15-16,19H,12,14H2,1-2H3,(H,25,28)/t15-,16+,19-/m1/s1. The summed E-state index contributed by atoms with van der Waals surface area (Å²) in [5, 5.41) is 11.5. The lowest BCUT2D eigenvalue weighted by molar-refractivity contribution is -0.157. The molecule has 2 aromatic carbocycles. The van der Waals surface area contributed by atoms with Crippen LogP contribution in [0.1, 0.15) is 37.4 Å². The van der Waals surface area contributed by atoms with Crippen molar-refractivity contribution in [2.24, 2.45) is 5.92 Å². The molecule has 1 aliphatic heterocycles. The Morgan fingerprint density at radius 2 is 1.80 bits per heavy atom. The molecule has 0 aliphatic carbocycles. The molecule has 2 aromatic rings. The van der Waals surface area contributed by atoms with Gasteiger partial charge in [-0.25, -0.2) is 0 Å². The minimum atomic E-state index is -1.01. The normalized spacial score (nSPS) is 17.7. The van der Waals surface area contributed by atoms with Gasteiger partial charge in [0.15, 0.2) is 6.10 Å². The van der Waals surface area contributed by atoms with Crippen molar-refractivity contribution in [2.75, 3.05) is 11.9 Å². The predicted octanol–water partition coefficient (Wildman–Crippen LogP) is 3.04. The van der Waals surface area contributed by atoms with Gasteiger partial charge in [-0.3, -0.25) is 14.4 Å². The fourth-order valence-electron chi connectivity index (χ4n) is 3.37. The number of hydrogen-bond donors (Lipinski definition) is 1. The van der Waals surface area contributed by atoms with Gasteiger partial charge in [0.2, 0.25) is 5.91 Å². The van der Waals surface area contributed by atoms with Crippen LogP contribution in [0.4, 0.5) is 5.69 Å². The van der Waals surface area contributed by atoms with Gasteiger partial charge in [-0.1, -0.05) is 30.3 Å². The van der Waals surface area contributed by atoms with Crippen LogP contribution < -0.4 is 5.32 Å². The molecule has 3 rings (SSSR count). The van der Waals surface area contributed by atoms with Crippen LogP contribution in [0.2, 0.25) is 0 Å². The first-order valence-electron chi connectivity index (χ1n) is 9.75. The maximum Gasteiger partial charge on any atom is 0.312 e. The maximum absolute atomic E-state index is 12.5. The smallest absolute Gasteiger partial charge is 0.312 e. The summed E-state index contributed by atoms with van der Waals surface area (Å²) in [5.41, 5.74) is 1.98. The molecule has 1 heterocycles. The average molecular weight is 405 g/mol. The summed E-state index contributed by atoms with van der Waals surface area (Å²) in [6.07, 6.45) is -0.941. The number of benzene rings is 2. The van der Waals surface area contributed by atoms with Crippen molar-refractivity contribution >= 4 is 23.5 Å². The number of amides is 2. The van der Waals surface area contributed by atoms with Crippen molar-refractivity contribution < 1.29 is 19.1 Å². The number of hydrogen-bond acceptors (Lipinski definition) is 5. The van der Waals surface area contributed by atoms with E-state index in [4.69, 9.17) is 10.00 Å². The molecule has 1 fully saturated rings. The van der Waals surface area contributed by atoms with Crippen LogP contribution in [0.25, 0.3) is 0 Å². The van der Waals surface area contributed by atoms with Crippen molar-refractivity contribution in [1.82, 2.24) is 4.90 Å². The first-order valence-corrected chi connectivity index (χ1v) is 9.75. The first-order chi connectivity index (χ1) is 14.4. The Kier molecular flexibility index (Phi) is 6.48. The van der Waals surface area contributed by atoms with E-state index >= 15 is 0 Å². The molecular formula is C23H23N3O4. The molecule has 0 aromatic heterocycles. The molecule has 154 valence electrons. The second kappa shape index (κ2) is 9.23. The van der Waals surface area contributed by atoms with Crippen LogP contribution in [0.5, 0.6) is 0 Å². The van der Waals surface area contributed by atoms with E-state index in [0.29, 0.717) is 11.3 Å². The van der Waals surface area contributed by atoms with Crippen molar-refractivity contribution in [3.63, 3.8) is 0 Å². The van der Waals surface area contributed by atoms with Crippen LogP contribution in [0.15, 0.2) is 54.6 Å². The number of anilines is 1. The van der Waals surface area contributed by atoms with Crippen molar-refractivity contribution in [2.45, 2.75) is 32.4 Å². The maximum atomic E-state index is 12.5. The highest BCUT2D eigenvalue weighted by Crippen LogP contribution is 2.29. The lowest BCUT2D eigenvalue weighted by Gasteiger charge is -2.25. The Hall–Kier alpha value is -3.66. The summed E-state index contributed by atoms with van der Waals surface area (Å²) in [4.78, 5) is 38.9. The van der Waals surface area contributed by atoms with Crippen molar-refractivity contribution in [3.05, 3.63) is 65.7 Å². The zero-order chi connectivity index (χ0) is 21.7. The van der Waals surface area contributed by atoms with Crippen LogP contribution >= 0.6 is 0 Å². The van der Waals surface area contributed by atoms with Gasteiger partial charge >= 0.3 is 5.97 Å². The van der Waals surface area contributed by atoms with Gasteiger partial charge in [0.25, 0.3) is 5.91 Å². The first kappa shape index (κ1) is 21.1.